The third kappa shape index (κ3) is 5.57. The van der Waals surface area contributed by atoms with Crippen molar-refractivity contribution in [1.82, 2.24) is 4.98 Å². The molecule has 45 heavy (non-hydrogen) atoms. The van der Waals surface area contributed by atoms with Crippen molar-refractivity contribution in [2.45, 2.75) is 33.1 Å². The first-order valence-electron chi connectivity index (χ1n) is 14.6. The van der Waals surface area contributed by atoms with Crippen LogP contribution in [0.25, 0.3) is 22.2 Å². The lowest BCUT2D eigenvalue weighted by atomic mass is 9.76. The second kappa shape index (κ2) is 11.9. The normalized spacial score (nSPS) is 19.4. The number of benzene rings is 3. The van der Waals surface area contributed by atoms with Gasteiger partial charge < -0.3 is 4.74 Å². The maximum Gasteiger partial charge on any atom is 0.339 e. The molecule has 3 unspecified atom stereocenters. The number of Topliss-reactive ketones (excluding diaryl/α,β-unsaturated/α-hetero) is 1. The van der Waals surface area contributed by atoms with E-state index in [0.29, 0.717) is 57.2 Å². The highest BCUT2D eigenvalue weighted by Crippen LogP contribution is 2.42. The Morgan fingerprint density at radius 1 is 1.02 bits per heavy atom. The summed E-state index contributed by atoms with van der Waals surface area (Å²) in [6.45, 7) is 3.26. The second-order valence-corrected chi connectivity index (χ2v) is 12.0. The zero-order valence-electron chi connectivity index (χ0n) is 24.5. The van der Waals surface area contributed by atoms with Crippen molar-refractivity contribution >= 4 is 57.4 Å². The Bertz CT molecular complexity index is 1910. The van der Waals surface area contributed by atoms with E-state index in [0.717, 1.165) is 12.5 Å². The zero-order chi connectivity index (χ0) is 32.0. The number of carbonyl (C=O) groups is 4. The first-order chi connectivity index (χ1) is 21.5. The van der Waals surface area contributed by atoms with Gasteiger partial charge in [0.2, 0.25) is 17.6 Å². The number of ether oxygens (including phenoxy) is 1. The molecule has 1 aromatic heterocycles. The van der Waals surface area contributed by atoms with Gasteiger partial charge in [-0.15, -0.1) is 0 Å². The minimum absolute atomic E-state index is 0.0451. The molecule has 1 saturated heterocycles. The molecule has 1 saturated carbocycles. The van der Waals surface area contributed by atoms with Crippen LogP contribution in [0.1, 0.15) is 52.5 Å². The molecule has 4 aromatic rings. The highest BCUT2D eigenvalue weighted by atomic mass is 35.5. The Kier molecular flexibility index (Phi) is 7.92. The number of ketones is 1. The Hall–Kier alpha value is -4.96. The number of carbonyl (C=O) groups excluding carboxylic acids is 4. The van der Waals surface area contributed by atoms with Gasteiger partial charge in [-0.2, -0.15) is 0 Å². The molecule has 2 fully saturated rings. The van der Waals surface area contributed by atoms with E-state index in [1.807, 2.05) is 0 Å². The van der Waals surface area contributed by atoms with E-state index in [4.69, 9.17) is 21.3 Å². The van der Waals surface area contributed by atoms with Gasteiger partial charge in [-0.05, 0) is 61.9 Å². The molecule has 6 rings (SSSR count). The van der Waals surface area contributed by atoms with Gasteiger partial charge in [0.05, 0.1) is 39.2 Å². The summed E-state index contributed by atoms with van der Waals surface area (Å²) < 4.78 is 5.38. The molecule has 2 heterocycles. The molecule has 10 nitrogen and oxygen atoms in total. The van der Waals surface area contributed by atoms with Crippen LogP contribution in [-0.4, -0.2) is 40.1 Å². The number of halogens is 1. The monoisotopic (exact) mass is 625 g/mol. The topological polar surface area (TPSA) is 137 Å². The Labute approximate surface area is 263 Å². The first kappa shape index (κ1) is 30.1. The van der Waals surface area contributed by atoms with E-state index in [-0.39, 0.29) is 40.5 Å². The number of anilines is 1. The number of aromatic nitrogens is 1. The van der Waals surface area contributed by atoms with Crippen molar-refractivity contribution in [1.29, 1.82) is 0 Å². The molecule has 3 aromatic carbocycles. The largest absolute Gasteiger partial charge is 0.454 e. The summed E-state index contributed by atoms with van der Waals surface area (Å²) >= 11 is 6.39. The predicted molar refractivity (Wildman–Crippen MR) is 167 cm³/mol. The Balaban J connectivity index is 1.29. The minimum Gasteiger partial charge on any atom is -0.454 e. The Morgan fingerprint density at radius 3 is 2.49 bits per heavy atom. The SMILES string of the molecule is Cc1c(Cl)ccc2c(C(=O)OCC(=O)c3cccc([N+](=O)[O-])c3)cc(-c3ccc(N4C(=O)C5CCC(C)CC5C4=O)cc3)nc12. The molecule has 11 heteroatoms. The molecule has 1 aliphatic carbocycles. The molecule has 228 valence electrons. The molecule has 0 N–H and O–H groups in total. The average Bonchev–Trinajstić information content (AvgIpc) is 3.29. The quantitative estimate of drug-likeness (QED) is 0.0724. The van der Waals surface area contributed by atoms with Gasteiger partial charge in [-0.25, -0.2) is 9.78 Å². The first-order valence-corrected chi connectivity index (χ1v) is 14.9. The number of non-ortho nitro benzene ring substituents is 1. The number of nitrogens with zero attached hydrogens (tertiary/aromatic N) is 3. The molecule has 0 bridgehead atoms. The summed E-state index contributed by atoms with van der Waals surface area (Å²) in [6, 6.07) is 16.9. The number of imide groups is 1. The van der Waals surface area contributed by atoms with Crippen molar-refractivity contribution < 1.29 is 28.8 Å². The highest BCUT2D eigenvalue weighted by Gasteiger charge is 2.49. The van der Waals surface area contributed by atoms with E-state index in [9.17, 15) is 29.3 Å². The van der Waals surface area contributed by atoms with Gasteiger partial charge in [0.25, 0.3) is 5.69 Å². The number of rotatable bonds is 7. The van der Waals surface area contributed by atoms with Crippen LogP contribution in [0.4, 0.5) is 11.4 Å². The summed E-state index contributed by atoms with van der Waals surface area (Å²) in [5, 5.41) is 12.0. The lowest BCUT2D eigenvalue weighted by molar-refractivity contribution is -0.384. The number of nitro groups is 1. The third-order valence-electron chi connectivity index (χ3n) is 8.71. The summed E-state index contributed by atoms with van der Waals surface area (Å²) in [6.07, 6.45) is 2.35. The van der Waals surface area contributed by atoms with Crippen LogP contribution in [0.3, 0.4) is 0 Å². The summed E-state index contributed by atoms with van der Waals surface area (Å²) in [4.78, 5) is 69.0. The summed E-state index contributed by atoms with van der Waals surface area (Å²) in [7, 11) is 0. The highest BCUT2D eigenvalue weighted by molar-refractivity contribution is 6.32. The van der Waals surface area contributed by atoms with Crippen LogP contribution in [-0.2, 0) is 14.3 Å². The van der Waals surface area contributed by atoms with Crippen LogP contribution in [0, 0.1) is 34.8 Å². The number of aryl methyl sites for hydroxylation is 1. The number of hydrogen-bond donors (Lipinski definition) is 0. The standard InChI is InChI=1S/C34H28ClN3O7/c1-18-6-11-25-26(14-18)33(41)37(32(25)40)22-9-7-20(8-10-22)29-16-27(24-12-13-28(35)19(2)31(24)36-29)34(42)45-17-30(39)21-4-3-5-23(15-21)38(43)44/h3-5,7-10,12-13,15-16,18,25-26H,6,11,14,17H2,1-2H3. The van der Waals surface area contributed by atoms with E-state index in [1.54, 1.807) is 49.4 Å². The van der Waals surface area contributed by atoms with E-state index in [1.165, 1.54) is 23.1 Å². The molecular formula is C34H28ClN3O7. The molecule has 1 aliphatic heterocycles. The fraction of sp³-hybridized carbons (Fsp3) is 0.265. The van der Waals surface area contributed by atoms with Crippen molar-refractivity contribution in [3.63, 3.8) is 0 Å². The van der Waals surface area contributed by atoms with Gasteiger partial charge >= 0.3 is 5.97 Å². The fourth-order valence-corrected chi connectivity index (χ4v) is 6.38. The van der Waals surface area contributed by atoms with Gasteiger partial charge in [-0.1, -0.05) is 48.9 Å². The number of esters is 1. The second-order valence-electron chi connectivity index (χ2n) is 11.6. The minimum atomic E-state index is -0.786. The summed E-state index contributed by atoms with van der Waals surface area (Å²) in [5.74, 6) is -1.87. The van der Waals surface area contributed by atoms with Crippen LogP contribution >= 0.6 is 11.6 Å². The van der Waals surface area contributed by atoms with Crippen LogP contribution in [0.5, 0.6) is 0 Å². The van der Waals surface area contributed by atoms with Gasteiger partial charge in [-0.3, -0.25) is 29.4 Å². The zero-order valence-corrected chi connectivity index (χ0v) is 25.2. The van der Waals surface area contributed by atoms with Crippen molar-refractivity contribution in [3.05, 3.63) is 98.6 Å². The van der Waals surface area contributed by atoms with Gasteiger partial charge in [0.15, 0.2) is 6.61 Å². The average molecular weight is 626 g/mol. The molecule has 2 aliphatic rings. The fourth-order valence-electron chi connectivity index (χ4n) is 6.23. The van der Waals surface area contributed by atoms with E-state index in [2.05, 4.69) is 6.92 Å². The molecular weight excluding hydrogens is 598 g/mol. The van der Waals surface area contributed by atoms with Crippen LogP contribution in [0.15, 0.2) is 66.7 Å². The lowest BCUT2D eigenvalue weighted by Gasteiger charge is -2.25. The number of hydrogen-bond acceptors (Lipinski definition) is 8. The number of nitro benzene ring substituents is 1. The van der Waals surface area contributed by atoms with Crippen molar-refractivity contribution in [2.24, 2.45) is 17.8 Å². The van der Waals surface area contributed by atoms with Gasteiger partial charge in [0.1, 0.15) is 0 Å². The maximum absolute atomic E-state index is 13.4. The molecule has 0 spiro atoms. The van der Waals surface area contributed by atoms with Gasteiger partial charge in [0, 0.05) is 33.7 Å². The molecule has 0 radical (unpaired) electrons. The lowest BCUT2D eigenvalue weighted by Crippen LogP contribution is -2.30. The number of amides is 2. The predicted octanol–water partition coefficient (Wildman–Crippen LogP) is 6.74. The number of fused-ring (bicyclic) bond motifs is 2. The maximum atomic E-state index is 13.4. The molecule has 3 atom stereocenters. The van der Waals surface area contributed by atoms with Crippen molar-refractivity contribution in [2.75, 3.05) is 11.5 Å². The van der Waals surface area contributed by atoms with Crippen LogP contribution < -0.4 is 4.90 Å². The van der Waals surface area contributed by atoms with Crippen LogP contribution in [0.2, 0.25) is 5.02 Å². The Morgan fingerprint density at radius 2 is 1.76 bits per heavy atom. The van der Waals surface area contributed by atoms with E-state index < -0.39 is 23.3 Å². The third-order valence-corrected chi connectivity index (χ3v) is 9.12. The molecule has 2 amide bonds. The smallest absolute Gasteiger partial charge is 0.339 e. The number of pyridine rings is 1. The van der Waals surface area contributed by atoms with E-state index >= 15 is 0 Å². The van der Waals surface area contributed by atoms with Crippen molar-refractivity contribution in [3.8, 4) is 11.3 Å². The summed E-state index contributed by atoms with van der Waals surface area (Å²) in [5.41, 5.74) is 2.56.